The molecule has 1 aromatic rings. The van der Waals surface area contributed by atoms with E-state index in [1.165, 1.54) is 6.26 Å². The van der Waals surface area contributed by atoms with Gasteiger partial charge in [0.1, 0.15) is 0 Å². The van der Waals surface area contributed by atoms with Crippen molar-refractivity contribution in [3.63, 3.8) is 0 Å². The molecule has 5 nitrogen and oxygen atoms in total. The number of hydrogen-bond donors (Lipinski definition) is 2. The van der Waals surface area contributed by atoms with Crippen LogP contribution in [0.3, 0.4) is 0 Å². The SMILES string of the molecule is NCC(=O)O.O=Cc1ccco1. The van der Waals surface area contributed by atoms with E-state index in [9.17, 15) is 9.59 Å². The Balaban J connectivity index is 0.000000217. The number of carbonyl (C=O) groups excluding carboxylic acids is 1. The largest absolute Gasteiger partial charge is 0.480 e. The minimum Gasteiger partial charge on any atom is -0.480 e. The maximum Gasteiger partial charge on any atom is 0.317 e. The molecule has 66 valence electrons. The van der Waals surface area contributed by atoms with E-state index in [1.807, 2.05) is 0 Å². The van der Waals surface area contributed by atoms with Crippen LogP contribution in [0, 0.1) is 0 Å². The van der Waals surface area contributed by atoms with Gasteiger partial charge in [0.15, 0.2) is 12.0 Å². The van der Waals surface area contributed by atoms with Crippen molar-refractivity contribution in [1.82, 2.24) is 0 Å². The summed E-state index contributed by atoms with van der Waals surface area (Å²) in [4.78, 5) is 19.0. The predicted molar refractivity (Wildman–Crippen MR) is 40.8 cm³/mol. The minimum atomic E-state index is -0.968. The maximum absolute atomic E-state index is 9.77. The zero-order valence-electron chi connectivity index (χ0n) is 6.27. The van der Waals surface area contributed by atoms with E-state index in [1.54, 1.807) is 12.1 Å². The van der Waals surface area contributed by atoms with Crippen LogP contribution >= 0.6 is 0 Å². The second kappa shape index (κ2) is 6.11. The standard InChI is InChI=1S/C5H4O2.C2H5NO2/c6-4-5-2-1-3-7-5;3-1-2(4)5/h1-4H;1,3H2,(H,4,5). The lowest BCUT2D eigenvalue weighted by atomic mass is 10.5. The molecule has 3 N–H and O–H groups in total. The van der Waals surface area contributed by atoms with Crippen LogP contribution in [0.15, 0.2) is 22.8 Å². The number of nitrogens with two attached hydrogens (primary N) is 1. The Labute approximate surface area is 68.8 Å². The van der Waals surface area contributed by atoms with Crippen LogP contribution in [0.5, 0.6) is 0 Å². The van der Waals surface area contributed by atoms with E-state index in [4.69, 9.17) is 5.11 Å². The van der Waals surface area contributed by atoms with Gasteiger partial charge < -0.3 is 15.3 Å². The molecule has 0 spiro atoms. The molecule has 0 aromatic carbocycles. The zero-order chi connectivity index (χ0) is 9.40. The van der Waals surface area contributed by atoms with Crippen LogP contribution in [0.1, 0.15) is 10.6 Å². The van der Waals surface area contributed by atoms with Crippen LogP contribution in [-0.4, -0.2) is 23.9 Å². The number of carboxylic acids is 1. The van der Waals surface area contributed by atoms with Gasteiger partial charge in [-0.25, -0.2) is 0 Å². The molecule has 0 unspecified atom stereocenters. The number of carbonyl (C=O) groups is 2. The number of hydrogen-bond acceptors (Lipinski definition) is 4. The van der Waals surface area contributed by atoms with Crippen molar-refractivity contribution in [3.8, 4) is 0 Å². The van der Waals surface area contributed by atoms with Gasteiger partial charge in [0.2, 0.25) is 0 Å². The normalized spacial score (nSPS) is 8.08. The third-order valence-corrected chi connectivity index (χ3v) is 0.834. The topological polar surface area (TPSA) is 93.5 Å². The van der Waals surface area contributed by atoms with Crippen molar-refractivity contribution in [1.29, 1.82) is 0 Å². The van der Waals surface area contributed by atoms with Crippen molar-refractivity contribution >= 4 is 12.3 Å². The summed E-state index contributed by atoms with van der Waals surface area (Å²) in [6.45, 7) is -0.278. The average molecular weight is 171 g/mol. The molecule has 0 saturated heterocycles. The lowest BCUT2D eigenvalue weighted by Gasteiger charge is -1.73. The van der Waals surface area contributed by atoms with Crippen LogP contribution in [0.4, 0.5) is 0 Å². The molecule has 0 aliphatic rings. The minimum absolute atomic E-state index is 0.278. The summed E-state index contributed by atoms with van der Waals surface area (Å²) in [5.74, 6) is -0.593. The van der Waals surface area contributed by atoms with Gasteiger partial charge in [0.05, 0.1) is 12.8 Å². The Bertz CT molecular complexity index is 230. The highest BCUT2D eigenvalue weighted by Gasteiger charge is 1.84. The fourth-order valence-electron chi connectivity index (χ4n) is 0.358. The van der Waals surface area contributed by atoms with Crippen LogP contribution in [0.2, 0.25) is 0 Å². The Morgan fingerprint density at radius 3 is 2.50 bits per heavy atom. The van der Waals surface area contributed by atoms with E-state index in [0.29, 0.717) is 12.0 Å². The molecule has 0 atom stereocenters. The van der Waals surface area contributed by atoms with Crippen LogP contribution in [-0.2, 0) is 4.79 Å². The fraction of sp³-hybridized carbons (Fsp3) is 0.143. The highest BCUT2D eigenvalue weighted by Crippen LogP contribution is 1.92. The molecule has 1 aromatic heterocycles. The monoisotopic (exact) mass is 171 g/mol. The van der Waals surface area contributed by atoms with Gasteiger partial charge in [-0.2, -0.15) is 0 Å². The fourth-order valence-corrected chi connectivity index (χ4v) is 0.358. The van der Waals surface area contributed by atoms with E-state index in [2.05, 4.69) is 10.2 Å². The van der Waals surface area contributed by atoms with Crippen molar-refractivity contribution < 1.29 is 19.1 Å². The summed E-state index contributed by atoms with van der Waals surface area (Å²) in [6, 6.07) is 3.27. The second-order valence-electron chi connectivity index (χ2n) is 1.73. The third kappa shape index (κ3) is 5.19. The molecule has 1 heterocycles. The smallest absolute Gasteiger partial charge is 0.317 e. The van der Waals surface area contributed by atoms with E-state index in [-0.39, 0.29) is 6.54 Å². The molecule has 0 amide bonds. The molecule has 5 heteroatoms. The summed E-state index contributed by atoms with van der Waals surface area (Å²) in [6.07, 6.45) is 2.13. The van der Waals surface area contributed by atoms with Gasteiger partial charge in [-0.1, -0.05) is 0 Å². The predicted octanol–water partition coefficient (Wildman–Crippen LogP) is 0.122. The van der Waals surface area contributed by atoms with Crippen molar-refractivity contribution in [2.75, 3.05) is 6.54 Å². The number of aldehydes is 1. The Hall–Kier alpha value is -1.62. The van der Waals surface area contributed by atoms with E-state index in [0.717, 1.165) is 0 Å². The first-order valence-corrected chi connectivity index (χ1v) is 3.11. The zero-order valence-corrected chi connectivity index (χ0v) is 6.27. The molecule has 0 saturated carbocycles. The van der Waals surface area contributed by atoms with Gasteiger partial charge in [-0.3, -0.25) is 9.59 Å². The molecule has 12 heavy (non-hydrogen) atoms. The lowest BCUT2D eigenvalue weighted by molar-refractivity contribution is -0.135. The molecule has 1 rings (SSSR count). The third-order valence-electron chi connectivity index (χ3n) is 0.834. The quantitative estimate of drug-likeness (QED) is 0.616. The average Bonchev–Trinajstić information content (AvgIpc) is 2.57. The van der Waals surface area contributed by atoms with Crippen LogP contribution in [0.25, 0.3) is 0 Å². The first kappa shape index (κ1) is 10.4. The molecule has 0 aliphatic carbocycles. The summed E-state index contributed by atoms with van der Waals surface area (Å²) >= 11 is 0. The van der Waals surface area contributed by atoms with E-state index < -0.39 is 5.97 Å². The molecular weight excluding hydrogens is 162 g/mol. The number of rotatable bonds is 2. The van der Waals surface area contributed by atoms with Gasteiger partial charge in [-0.05, 0) is 12.1 Å². The highest BCUT2D eigenvalue weighted by atomic mass is 16.4. The van der Waals surface area contributed by atoms with Gasteiger partial charge in [0.25, 0.3) is 0 Å². The van der Waals surface area contributed by atoms with Crippen molar-refractivity contribution in [3.05, 3.63) is 24.2 Å². The Morgan fingerprint density at radius 2 is 2.33 bits per heavy atom. The summed E-state index contributed by atoms with van der Waals surface area (Å²) < 4.78 is 4.61. The van der Waals surface area contributed by atoms with Crippen molar-refractivity contribution in [2.45, 2.75) is 0 Å². The maximum atomic E-state index is 9.77. The van der Waals surface area contributed by atoms with E-state index >= 15 is 0 Å². The molecule has 0 radical (unpaired) electrons. The van der Waals surface area contributed by atoms with Gasteiger partial charge in [0, 0.05) is 0 Å². The molecule has 0 aliphatic heterocycles. The highest BCUT2D eigenvalue weighted by molar-refractivity contribution is 5.70. The number of aliphatic carboxylic acids is 1. The number of carboxylic acid groups (broad SMARTS) is 1. The Kier molecular flexibility index (Phi) is 5.29. The first-order chi connectivity index (χ1) is 5.70. The van der Waals surface area contributed by atoms with Gasteiger partial charge in [-0.15, -0.1) is 0 Å². The van der Waals surface area contributed by atoms with Crippen LogP contribution < -0.4 is 5.73 Å². The molecule has 0 bridgehead atoms. The molecule has 0 fully saturated rings. The first-order valence-electron chi connectivity index (χ1n) is 3.11. The number of furan rings is 1. The Morgan fingerprint density at radius 1 is 1.75 bits per heavy atom. The summed E-state index contributed by atoms with van der Waals surface area (Å²) in [5, 5.41) is 7.60. The lowest BCUT2D eigenvalue weighted by Crippen LogP contribution is -2.10. The summed E-state index contributed by atoms with van der Waals surface area (Å²) in [5.41, 5.74) is 4.57. The second-order valence-corrected chi connectivity index (χ2v) is 1.73. The van der Waals surface area contributed by atoms with Gasteiger partial charge >= 0.3 is 5.97 Å². The molecular formula is C7H9NO4. The summed E-state index contributed by atoms with van der Waals surface area (Å²) in [7, 11) is 0. The van der Waals surface area contributed by atoms with Crippen molar-refractivity contribution in [2.24, 2.45) is 5.73 Å².